The Bertz CT molecular complexity index is 814. The number of anilines is 1. The summed E-state index contributed by atoms with van der Waals surface area (Å²) < 4.78 is 26.9. The fraction of sp³-hybridized carbons (Fsp3) is 0.353. The summed E-state index contributed by atoms with van der Waals surface area (Å²) >= 11 is 0. The normalized spacial score (nSPS) is 13.9. The van der Waals surface area contributed by atoms with E-state index in [4.69, 9.17) is 0 Å². The summed E-state index contributed by atoms with van der Waals surface area (Å²) in [6, 6.07) is 6.18. The van der Waals surface area contributed by atoms with Gasteiger partial charge in [0.2, 0.25) is 5.95 Å². The minimum atomic E-state index is -2.47. The van der Waals surface area contributed by atoms with Gasteiger partial charge in [0.25, 0.3) is 0 Å². The first-order chi connectivity index (χ1) is 10.6. The molecule has 0 aliphatic heterocycles. The summed E-state index contributed by atoms with van der Waals surface area (Å²) in [5.74, 6) is 3.93. The molecule has 4 nitrogen and oxygen atoms in total. The van der Waals surface area contributed by atoms with Crippen LogP contribution in [-0.4, -0.2) is 33.4 Å². The lowest BCUT2D eigenvalue weighted by Gasteiger charge is -2.22. The molecule has 1 unspecified atom stereocenters. The molecule has 0 saturated heterocycles. The predicted octanol–water partition coefficient (Wildman–Crippen LogP) is 3.41. The minimum Gasteiger partial charge on any atom is -0.271 e. The molecule has 124 valence electrons. The summed E-state index contributed by atoms with van der Waals surface area (Å²) in [6.07, 6.45) is 1.54. The van der Waals surface area contributed by atoms with Crippen molar-refractivity contribution in [1.29, 1.82) is 0 Å². The van der Waals surface area contributed by atoms with Gasteiger partial charge in [-0.3, -0.25) is 4.31 Å². The number of hydrogen-bond donors (Lipinski definition) is 0. The topological polar surface area (TPSA) is 46.1 Å². The van der Waals surface area contributed by atoms with E-state index in [9.17, 15) is 8.60 Å². The van der Waals surface area contributed by atoms with Crippen LogP contribution in [0.1, 0.15) is 31.0 Å². The molecule has 0 amide bonds. The Balaban J connectivity index is 2.70. The predicted molar refractivity (Wildman–Crippen MR) is 95.8 cm³/mol. The molecule has 6 heteroatoms. The van der Waals surface area contributed by atoms with Crippen LogP contribution in [0, 0.1) is 12.7 Å². The third kappa shape index (κ3) is 3.69. The lowest BCUT2D eigenvalue weighted by Crippen LogP contribution is -2.27. The molecule has 1 atom stereocenters. The molecule has 0 fully saturated rings. The smallest absolute Gasteiger partial charge is 0.237 e. The molecule has 2 aromatic rings. The largest absolute Gasteiger partial charge is 0.271 e. The van der Waals surface area contributed by atoms with Crippen molar-refractivity contribution < 1.29 is 8.60 Å². The number of aromatic nitrogens is 2. The second kappa shape index (κ2) is 6.28. The molecule has 0 N–H and O–H groups in total. The first-order valence-electron chi connectivity index (χ1n) is 7.32. The lowest BCUT2D eigenvalue weighted by atomic mass is 10.00. The zero-order valence-corrected chi connectivity index (χ0v) is 14.9. The van der Waals surface area contributed by atoms with Gasteiger partial charge >= 0.3 is 0 Å². The summed E-state index contributed by atoms with van der Waals surface area (Å²) in [4.78, 5) is 9.12. The third-order valence-corrected chi connectivity index (χ3v) is 5.02. The molecule has 0 bridgehead atoms. The second-order valence-electron chi connectivity index (χ2n) is 6.00. The van der Waals surface area contributed by atoms with Crippen molar-refractivity contribution in [1.82, 2.24) is 9.97 Å². The second-order valence-corrected chi connectivity index (χ2v) is 8.47. The fourth-order valence-electron chi connectivity index (χ4n) is 2.29. The van der Waals surface area contributed by atoms with E-state index in [1.807, 2.05) is 20.8 Å². The number of nitrogens with zero attached hydrogens (tertiary/aromatic N) is 3. The zero-order chi connectivity index (χ0) is 17.4. The van der Waals surface area contributed by atoms with Crippen LogP contribution in [0.4, 0.5) is 10.3 Å². The first-order valence-corrected chi connectivity index (χ1v) is 9.41. The Hall–Kier alpha value is -1.95. The van der Waals surface area contributed by atoms with E-state index in [1.54, 1.807) is 25.4 Å². The van der Waals surface area contributed by atoms with Crippen LogP contribution in [0.5, 0.6) is 0 Å². The van der Waals surface area contributed by atoms with Crippen LogP contribution < -0.4 is 4.31 Å². The van der Waals surface area contributed by atoms with E-state index < -0.39 is 9.71 Å². The molecular formula is C17H22FN3OS. The highest BCUT2D eigenvalue weighted by Crippen LogP contribution is 2.29. The minimum absolute atomic E-state index is 0.182. The van der Waals surface area contributed by atoms with Crippen molar-refractivity contribution >= 4 is 21.5 Å². The summed E-state index contributed by atoms with van der Waals surface area (Å²) in [7, 11) is -0.803. The monoisotopic (exact) mass is 335 g/mol. The van der Waals surface area contributed by atoms with Crippen LogP contribution in [0.15, 0.2) is 24.3 Å². The molecule has 0 spiro atoms. The molecule has 0 aliphatic carbocycles. The zero-order valence-electron chi connectivity index (χ0n) is 14.1. The highest BCUT2D eigenvalue weighted by Gasteiger charge is 2.19. The van der Waals surface area contributed by atoms with Crippen LogP contribution in [-0.2, 0) is 9.71 Å². The SMILES string of the molecule is C=S(C)(=O)N(C)c1nc(-c2ccc(F)cc2)c(C)c(C(C)C)n1. The van der Waals surface area contributed by atoms with Crippen LogP contribution in [0.2, 0.25) is 0 Å². The molecule has 1 aromatic carbocycles. The Morgan fingerprint density at radius 3 is 2.26 bits per heavy atom. The molecule has 1 aromatic heterocycles. The van der Waals surface area contributed by atoms with Crippen LogP contribution in [0.25, 0.3) is 11.3 Å². The molecule has 2 rings (SSSR count). The summed E-state index contributed by atoms with van der Waals surface area (Å²) in [6.45, 7) is 6.03. The maximum Gasteiger partial charge on any atom is 0.237 e. The average molecular weight is 335 g/mol. The quantitative estimate of drug-likeness (QED) is 0.805. The number of rotatable bonds is 4. The Kier molecular flexibility index (Phi) is 4.75. The van der Waals surface area contributed by atoms with E-state index in [0.29, 0.717) is 11.6 Å². The van der Waals surface area contributed by atoms with E-state index in [2.05, 4.69) is 15.8 Å². The van der Waals surface area contributed by atoms with Crippen molar-refractivity contribution in [2.75, 3.05) is 17.6 Å². The van der Waals surface area contributed by atoms with Gasteiger partial charge in [0.1, 0.15) is 5.82 Å². The Morgan fingerprint density at radius 1 is 1.22 bits per heavy atom. The summed E-state index contributed by atoms with van der Waals surface area (Å²) in [5, 5.41) is 0. The van der Waals surface area contributed by atoms with E-state index in [1.165, 1.54) is 16.4 Å². The van der Waals surface area contributed by atoms with Crippen molar-refractivity contribution in [3.8, 4) is 11.3 Å². The van der Waals surface area contributed by atoms with Gasteiger partial charge in [-0.15, -0.1) is 0 Å². The van der Waals surface area contributed by atoms with E-state index in [-0.39, 0.29) is 11.7 Å². The Labute approximate surface area is 137 Å². The number of halogens is 1. The fourth-order valence-corrected chi connectivity index (χ4v) is 2.71. The lowest BCUT2D eigenvalue weighted by molar-refractivity contribution is 0.628. The van der Waals surface area contributed by atoms with Crippen molar-refractivity contribution in [2.24, 2.45) is 0 Å². The van der Waals surface area contributed by atoms with Gasteiger partial charge in [-0.2, -0.15) is 0 Å². The van der Waals surface area contributed by atoms with Gasteiger partial charge in [0.15, 0.2) is 0 Å². The molecular weight excluding hydrogens is 313 g/mol. The molecule has 23 heavy (non-hydrogen) atoms. The van der Waals surface area contributed by atoms with Gasteiger partial charge in [-0.1, -0.05) is 13.8 Å². The van der Waals surface area contributed by atoms with Gasteiger partial charge in [-0.05, 0) is 48.5 Å². The first kappa shape index (κ1) is 17.4. The molecule has 0 saturated carbocycles. The van der Waals surface area contributed by atoms with Gasteiger partial charge < -0.3 is 0 Å². The third-order valence-electron chi connectivity index (χ3n) is 3.70. The molecule has 0 aliphatic rings. The highest BCUT2D eigenvalue weighted by atomic mass is 32.2. The van der Waals surface area contributed by atoms with Gasteiger partial charge in [0, 0.05) is 28.6 Å². The highest BCUT2D eigenvalue weighted by molar-refractivity contribution is 8.00. The average Bonchev–Trinajstić information content (AvgIpc) is 2.46. The van der Waals surface area contributed by atoms with Gasteiger partial charge in [-0.25, -0.2) is 18.6 Å². The van der Waals surface area contributed by atoms with Gasteiger partial charge in [0.05, 0.1) is 11.4 Å². The molecule has 0 radical (unpaired) electrons. The van der Waals surface area contributed by atoms with Crippen LogP contribution in [0.3, 0.4) is 0 Å². The maximum absolute atomic E-state index is 13.2. The number of hydrogen-bond acceptors (Lipinski definition) is 3. The van der Waals surface area contributed by atoms with Crippen molar-refractivity contribution in [3.63, 3.8) is 0 Å². The van der Waals surface area contributed by atoms with Crippen molar-refractivity contribution in [3.05, 3.63) is 41.3 Å². The molecule has 1 heterocycles. The maximum atomic E-state index is 13.2. The standard InChI is InChI=1S/C17H22FN3OS/c1-11(2)15-12(3)16(13-7-9-14(18)10-8-13)20-17(19-15)21(4)23(5,6)22/h7-11H,5H2,1-4,6H3. The van der Waals surface area contributed by atoms with Crippen molar-refractivity contribution in [2.45, 2.75) is 26.7 Å². The number of benzene rings is 1. The van der Waals surface area contributed by atoms with E-state index in [0.717, 1.165) is 16.8 Å². The van der Waals surface area contributed by atoms with Crippen LogP contribution >= 0.6 is 0 Å². The Morgan fingerprint density at radius 2 is 1.78 bits per heavy atom. The summed E-state index contributed by atoms with van der Waals surface area (Å²) in [5.41, 5.74) is 3.34. The van der Waals surface area contributed by atoms with E-state index >= 15 is 0 Å².